The van der Waals surface area contributed by atoms with Gasteiger partial charge in [0.1, 0.15) is 5.71 Å². The first-order valence-electron chi connectivity index (χ1n) is 7.86. The highest BCUT2D eigenvalue weighted by atomic mass is 16.5. The van der Waals surface area contributed by atoms with E-state index in [1.165, 1.54) is 0 Å². The zero-order valence-corrected chi connectivity index (χ0v) is 13.4. The van der Waals surface area contributed by atoms with E-state index in [1.807, 2.05) is 42.5 Å². The molecule has 2 aromatic carbocycles. The minimum absolute atomic E-state index is 0.129. The van der Waals surface area contributed by atoms with Crippen LogP contribution in [0.1, 0.15) is 33.9 Å². The molecule has 0 fully saturated rings. The third-order valence-electron chi connectivity index (χ3n) is 3.96. The van der Waals surface area contributed by atoms with Gasteiger partial charge in [-0.1, -0.05) is 42.5 Å². The van der Waals surface area contributed by atoms with Gasteiger partial charge in [0.05, 0.1) is 6.04 Å². The van der Waals surface area contributed by atoms with E-state index in [-0.39, 0.29) is 17.7 Å². The molecule has 1 unspecified atom stereocenters. The summed E-state index contributed by atoms with van der Waals surface area (Å²) in [6.07, 6.45) is 0.381. The number of rotatable bonds is 5. The van der Waals surface area contributed by atoms with Crippen LogP contribution in [0.15, 0.2) is 59.7 Å². The van der Waals surface area contributed by atoms with Crippen LogP contribution < -0.4 is 16.2 Å². The van der Waals surface area contributed by atoms with E-state index in [9.17, 15) is 9.59 Å². The zero-order valence-electron chi connectivity index (χ0n) is 13.4. The van der Waals surface area contributed by atoms with E-state index in [4.69, 9.17) is 5.21 Å². The van der Waals surface area contributed by atoms with Crippen molar-refractivity contribution in [2.24, 2.45) is 5.10 Å². The van der Waals surface area contributed by atoms with Gasteiger partial charge in [-0.15, -0.1) is 0 Å². The maximum absolute atomic E-state index is 12.1. The van der Waals surface area contributed by atoms with Gasteiger partial charge in [0.2, 0.25) is 0 Å². The highest BCUT2D eigenvalue weighted by Gasteiger charge is 2.24. The molecule has 0 aliphatic carbocycles. The number of nitrogens with one attached hydrogen (secondary N) is 3. The van der Waals surface area contributed by atoms with Gasteiger partial charge in [-0.2, -0.15) is 5.10 Å². The number of carbonyl (C=O) groups is 2. The fraction of sp³-hybridized carbons (Fsp3) is 0.167. The maximum Gasteiger partial charge on any atom is 0.290 e. The summed E-state index contributed by atoms with van der Waals surface area (Å²) < 4.78 is 0. The molecule has 1 aliphatic rings. The summed E-state index contributed by atoms with van der Waals surface area (Å²) in [5, 5.41) is 15.5. The van der Waals surface area contributed by atoms with Gasteiger partial charge in [0.15, 0.2) is 0 Å². The maximum atomic E-state index is 12.1. The molecule has 1 aliphatic heterocycles. The lowest BCUT2D eigenvalue weighted by Crippen LogP contribution is -2.27. The number of carbonyl (C=O) groups excluding carboxylic acids is 2. The van der Waals surface area contributed by atoms with Crippen LogP contribution in [0.4, 0.5) is 0 Å². The smallest absolute Gasteiger partial charge is 0.290 e. The fourth-order valence-corrected chi connectivity index (χ4v) is 2.63. The molecule has 0 aromatic heterocycles. The van der Waals surface area contributed by atoms with Gasteiger partial charge in [0.25, 0.3) is 11.8 Å². The fourth-order valence-electron chi connectivity index (χ4n) is 2.63. The van der Waals surface area contributed by atoms with Crippen molar-refractivity contribution < 1.29 is 14.8 Å². The Kier molecular flexibility index (Phi) is 5.06. The van der Waals surface area contributed by atoms with Crippen LogP contribution >= 0.6 is 0 Å². The Labute approximate surface area is 144 Å². The van der Waals surface area contributed by atoms with E-state index >= 15 is 0 Å². The molecular formula is C18H18N4O3. The van der Waals surface area contributed by atoms with E-state index < -0.39 is 5.91 Å². The topological polar surface area (TPSA) is 103 Å². The molecule has 25 heavy (non-hydrogen) atoms. The van der Waals surface area contributed by atoms with Gasteiger partial charge >= 0.3 is 0 Å². The lowest BCUT2D eigenvalue weighted by atomic mass is 10.0. The second kappa shape index (κ2) is 7.59. The minimum atomic E-state index is -0.610. The summed E-state index contributed by atoms with van der Waals surface area (Å²) in [5.41, 5.74) is 7.23. The Morgan fingerprint density at radius 3 is 2.68 bits per heavy atom. The van der Waals surface area contributed by atoms with Crippen LogP contribution in [0.5, 0.6) is 0 Å². The van der Waals surface area contributed by atoms with Crippen molar-refractivity contribution in [2.75, 3.05) is 0 Å². The normalized spacial score (nSPS) is 15.9. The van der Waals surface area contributed by atoms with Crippen LogP contribution in [0.3, 0.4) is 0 Å². The third-order valence-corrected chi connectivity index (χ3v) is 3.96. The molecule has 128 valence electrons. The predicted octanol–water partition coefficient (Wildman–Crippen LogP) is 1.51. The first-order chi connectivity index (χ1) is 12.2. The molecule has 0 saturated heterocycles. The number of benzene rings is 2. The Bertz CT molecular complexity index is 805. The SMILES string of the molecule is O=C(NO)C1=NNC(c2cccc(CNC(=O)c3ccccc3)c2)C1. The number of nitrogens with zero attached hydrogens (tertiary/aromatic N) is 1. The lowest BCUT2D eigenvalue weighted by Gasteiger charge is -2.12. The second-order valence-corrected chi connectivity index (χ2v) is 5.68. The second-order valence-electron chi connectivity index (χ2n) is 5.68. The molecule has 1 heterocycles. The quantitative estimate of drug-likeness (QED) is 0.490. The largest absolute Gasteiger partial charge is 0.348 e. The van der Waals surface area contributed by atoms with Crippen molar-refractivity contribution in [1.29, 1.82) is 0 Å². The van der Waals surface area contributed by atoms with E-state index in [0.29, 0.717) is 18.5 Å². The Balaban J connectivity index is 1.61. The molecule has 0 radical (unpaired) electrons. The molecule has 3 rings (SSSR count). The number of hydrogen-bond acceptors (Lipinski definition) is 5. The summed E-state index contributed by atoms with van der Waals surface area (Å²) in [6, 6.07) is 16.6. The molecule has 7 heteroatoms. The lowest BCUT2D eigenvalue weighted by molar-refractivity contribution is -0.122. The van der Waals surface area contributed by atoms with Gasteiger partial charge in [-0.3, -0.25) is 14.8 Å². The van der Waals surface area contributed by atoms with Crippen molar-refractivity contribution in [1.82, 2.24) is 16.2 Å². The predicted molar refractivity (Wildman–Crippen MR) is 91.9 cm³/mol. The van der Waals surface area contributed by atoms with Crippen LogP contribution in [-0.4, -0.2) is 22.7 Å². The van der Waals surface area contributed by atoms with Crippen LogP contribution in [0.2, 0.25) is 0 Å². The molecule has 0 saturated carbocycles. The molecule has 0 spiro atoms. The molecular weight excluding hydrogens is 320 g/mol. The summed E-state index contributed by atoms with van der Waals surface area (Å²) >= 11 is 0. The summed E-state index contributed by atoms with van der Waals surface area (Å²) in [4.78, 5) is 23.5. The minimum Gasteiger partial charge on any atom is -0.348 e. The molecule has 1 atom stereocenters. The standard InChI is InChI=1S/C18H18N4O3/c23-17(13-6-2-1-3-7-13)19-11-12-5-4-8-14(9-12)15-10-16(21-20-15)18(24)22-25/h1-9,15,20,25H,10-11H2,(H,19,23)(H,22,24). The summed E-state index contributed by atoms with van der Waals surface area (Å²) in [5.74, 6) is -0.739. The number of hydrazone groups is 1. The monoisotopic (exact) mass is 338 g/mol. The Morgan fingerprint density at radius 1 is 1.12 bits per heavy atom. The Hall–Kier alpha value is -3.19. The van der Waals surface area contributed by atoms with Crippen LogP contribution in [0, 0.1) is 0 Å². The number of hydroxylamine groups is 1. The zero-order chi connectivity index (χ0) is 17.6. The van der Waals surface area contributed by atoms with E-state index in [0.717, 1.165) is 11.1 Å². The number of hydrogen-bond donors (Lipinski definition) is 4. The van der Waals surface area contributed by atoms with Gasteiger partial charge in [0, 0.05) is 18.5 Å². The number of amides is 2. The first kappa shape index (κ1) is 16.7. The van der Waals surface area contributed by atoms with Crippen LogP contribution in [0.25, 0.3) is 0 Å². The van der Waals surface area contributed by atoms with Gasteiger partial charge < -0.3 is 10.7 Å². The summed E-state index contributed by atoms with van der Waals surface area (Å²) in [6.45, 7) is 0.402. The van der Waals surface area contributed by atoms with E-state index in [1.54, 1.807) is 17.6 Å². The van der Waals surface area contributed by atoms with Crippen molar-refractivity contribution in [3.8, 4) is 0 Å². The van der Waals surface area contributed by atoms with Gasteiger partial charge in [-0.05, 0) is 23.3 Å². The average Bonchev–Trinajstić information content (AvgIpc) is 3.16. The van der Waals surface area contributed by atoms with E-state index in [2.05, 4.69) is 15.8 Å². The molecule has 7 nitrogen and oxygen atoms in total. The average molecular weight is 338 g/mol. The molecule has 0 bridgehead atoms. The molecule has 2 aromatic rings. The van der Waals surface area contributed by atoms with Crippen molar-refractivity contribution in [3.05, 3.63) is 71.3 Å². The van der Waals surface area contributed by atoms with Crippen molar-refractivity contribution in [3.63, 3.8) is 0 Å². The van der Waals surface area contributed by atoms with Crippen molar-refractivity contribution >= 4 is 17.5 Å². The third kappa shape index (κ3) is 4.02. The van der Waals surface area contributed by atoms with Gasteiger partial charge in [-0.25, -0.2) is 5.48 Å². The Morgan fingerprint density at radius 2 is 1.92 bits per heavy atom. The van der Waals surface area contributed by atoms with Crippen LogP contribution in [-0.2, 0) is 11.3 Å². The molecule has 4 N–H and O–H groups in total. The van der Waals surface area contributed by atoms with Crippen molar-refractivity contribution in [2.45, 2.75) is 19.0 Å². The molecule has 2 amide bonds. The highest BCUT2D eigenvalue weighted by molar-refractivity contribution is 6.39. The first-order valence-corrected chi connectivity index (χ1v) is 7.86. The summed E-state index contributed by atoms with van der Waals surface area (Å²) in [7, 11) is 0. The highest BCUT2D eigenvalue weighted by Crippen LogP contribution is 2.22.